The van der Waals surface area contributed by atoms with E-state index in [1.165, 1.54) is 49.0 Å². The molecule has 2 aliphatic carbocycles. The molecule has 1 fully saturated rings. The Morgan fingerprint density at radius 2 is 1.85 bits per heavy atom. The Hall–Kier alpha value is -1.97. The maximum Gasteiger partial charge on any atom is 0.162 e. The van der Waals surface area contributed by atoms with Crippen LogP contribution >= 0.6 is 0 Å². The number of rotatable bonds is 4. The van der Waals surface area contributed by atoms with E-state index in [1.54, 1.807) is 14.2 Å². The number of hydrogen-bond donors (Lipinski definition) is 1. The van der Waals surface area contributed by atoms with E-state index >= 15 is 0 Å². The number of benzene rings is 1. The molecule has 0 spiro atoms. The first kappa shape index (κ1) is 17.4. The minimum Gasteiger partial charge on any atom is -0.493 e. The van der Waals surface area contributed by atoms with Crippen molar-refractivity contribution < 1.29 is 9.47 Å². The number of anilines is 1. The number of fused-ring (bicyclic) bond motifs is 2. The molecule has 1 atom stereocenters. The summed E-state index contributed by atoms with van der Waals surface area (Å²) in [4.78, 5) is 4.95. The molecule has 140 valence electrons. The smallest absolute Gasteiger partial charge is 0.162 e. The van der Waals surface area contributed by atoms with E-state index in [-0.39, 0.29) is 0 Å². The molecular weight excluding hydrogens is 324 g/mol. The molecule has 1 saturated carbocycles. The molecule has 0 bridgehead atoms. The van der Waals surface area contributed by atoms with Gasteiger partial charge in [-0.2, -0.15) is 0 Å². The number of aryl methyl sites for hydroxylation is 1. The number of nitrogens with zero attached hydrogens (tertiary/aromatic N) is 1. The van der Waals surface area contributed by atoms with Gasteiger partial charge >= 0.3 is 0 Å². The van der Waals surface area contributed by atoms with E-state index in [4.69, 9.17) is 14.5 Å². The average Bonchev–Trinajstić information content (AvgIpc) is 3.08. The molecule has 1 aromatic carbocycles. The van der Waals surface area contributed by atoms with Crippen molar-refractivity contribution in [3.05, 3.63) is 23.4 Å². The molecular formula is C22H30N2O2. The lowest BCUT2D eigenvalue weighted by molar-refractivity contribution is 0.229. The van der Waals surface area contributed by atoms with Gasteiger partial charge in [-0.1, -0.05) is 20.3 Å². The van der Waals surface area contributed by atoms with Crippen molar-refractivity contribution in [2.24, 2.45) is 5.41 Å². The lowest BCUT2D eigenvalue weighted by atomic mass is 9.75. The van der Waals surface area contributed by atoms with Gasteiger partial charge in [-0.05, 0) is 55.6 Å². The Bertz CT molecular complexity index is 829. The highest BCUT2D eigenvalue weighted by molar-refractivity contribution is 5.96. The SMILES string of the molecule is COc1cc2nc3c(c(N[C@@H]4CCCC(C)(C)C4)c2cc1OC)CCC3. The number of aromatic nitrogens is 1. The van der Waals surface area contributed by atoms with Gasteiger partial charge < -0.3 is 14.8 Å². The predicted octanol–water partition coefficient (Wildman–Crippen LogP) is 5.12. The van der Waals surface area contributed by atoms with E-state index in [1.807, 2.05) is 6.07 Å². The quantitative estimate of drug-likeness (QED) is 0.827. The molecule has 0 saturated heterocycles. The minimum atomic E-state index is 0.419. The van der Waals surface area contributed by atoms with Crippen LogP contribution in [0.2, 0.25) is 0 Å². The molecule has 2 aromatic rings. The Morgan fingerprint density at radius 1 is 1.08 bits per heavy atom. The zero-order chi connectivity index (χ0) is 18.3. The van der Waals surface area contributed by atoms with Crippen molar-refractivity contribution in [3.8, 4) is 11.5 Å². The van der Waals surface area contributed by atoms with Crippen molar-refractivity contribution >= 4 is 16.6 Å². The second kappa shape index (κ2) is 6.64. The van der Waals surface area contributed by atoms with E-state index in [2.05, 4.69) is 25.2 Å². The molecule has 0 aliphatic heterocycles. The van der Waals surface area contributed by atoms with Crippen molar-refractivity contribution in [1.29, 1.82) is 0 Å². The highest BCUT2D eigenvalue weighted by atomic mass is 16.5. The van der Waals surface area contributed by atoms with Crippen LogP contribution in [0.5, 0.6) is 11.5 Å². The lowest BCUT2D eigenvalue weighted by Crippen LogP contribution is -2.32. The monoisotopic (exact) mass is 354 g/mol. The van der Waals surface area contributed by atoms with Crippen LogP contribution in [0, 0.1) is 5.41 Å². The van der Waals surface area contributed by atoms with Gasteiger partial charge in [-0.15, -0.1) is 0 Å². The molecule has 0 amide bonds. The van der Waals surface area contributed by atoms with Gasteiger partial charge in [0.05, 0.1) is 19.7 Å². The summed E-state index contributed by atoms with van der Waals surface area (Å²) in [5.41, 5.74) is 5.37. The van der Waals surface area contributed by atoms with E-state index in [9.17, 15) is 0 Å². The van der Waals surface area contributed by atoms with Crippen molar-refractivity contribution in [3.63, 3.8) is 0 Å². The zero-order valence-electron chi connectivity index (χ0n) is 16.4. The number of methoxy groups -OCH3 is 2. The second-order valence-corrected chi connectivity index (χ2v) is 8.59. The van der Waals surface area contributed by atoms with E-state index in [0.717, 1.165) is 35.2 Å². The van der Waals surface area contributed by atoms with Crippen molar-refractivity contribution in [2.75, 3.05) is 19.5 Å². The Labute approximate surface area is 156 Å². The maximum absolute atomic E-state index is 5.56. The third-order valence-corrected chi connectivity index (χ3v) is 6.07. The summed E-state index contributed by atoms with van der Waals surface area (Å²) in [6, 6.07) is 4.64. The number of nitrogens with one attached hydrogen (secondary N) is 1. The van der Waals surface area contributed by atoms with Crippen molar-refractivity contribution in [1.82, 2.24) is 4.98 Å². The first-order valence-electron chi connectivity index (χ1n) is 9.85. The van der Waals surface area contributed by atoms with Gasteiger partial charge in [0.1, 0.15) is 0 Å². The highest BCUT2D eigenvalue weighted by Gasteiger charge is 2.30. The molecule has 1 N–H and O–H groups in total. The lowest BCUT2D eigenvalue weighted by Gasteiger charge is -2.36. The summed E-state index contributed by atoms with van der Waals surface area (Å²) >= 11 is 0. The van der Waals surface area contributed by atoms with Gasteiger partial charge in [0.2, 0.25) is 0 Å². The summed E-state index contributed by atoms with van der Waals surface area (Å²) in [7, 11) is 3.38. The number of ether oxygens (including phenoxy) is 2. The van der Waals surface area contributed by atoms with Crippen LogP contribution in [0.15, 0.2) is 12.1 Å². The molecule has 4 rings (SSSR count). The third-order valence-electron chi connectivity index (χ3n) is 6.07. The zero-order valence-corrected chi connectivity index (χ0v) is 16.4. The third kappa shape index (κ3) is 3.10. The minimum absolute atomic E-state index is 0.419. The highest BCUT2D eigenvalue weighted by Crippen LogP contribution is 2.42. The molecule has 0 unspecified atom stereocenters. The normalized spacial score (nSPS) is 21.5. The molecule has 1 aromatic heterocycles. The fraction of sp³-hybridized carbons (Fsp3) is 0.591. The van der Waals surface area contributed by atoms with Crippen LogP contribution in [-0.2, 0) is 12.8 Å². The standard InChI is InChI=1S/C22H30N2O2/c1-22(2)10-6-7-14(13-22)23-21-15-8-5-9-17(15)24-18-12-20(26-4)19(25-3)11-16(18)21/h11-12,14H,5-10,13H2,1-4H3,(H,23,24)/t14-/m1/s1. The average molecular weight is 354 g/mol. The summed E-state index contributed by atoms with van der Waals surface area (Å²) in [6.45, 7) is 4.79. The summed E-state index contributed by atoms with van der Waals surface area (Å²) in [6.07, 6.45) is 8.47. The molecule has 4 nitrogen and oxygen atoms in total. The molecule has 1 heterocycles. The summed E-state index contributed by atoms with van der Waals surface area (Å²) < 4.78 is 11.1. The fourth-order valence-corrected chi connectivity index (χ4v) is 4.78. The van der Waals surface area contributed by atoms with Gasteiger partial charge in [0, 0.05) is 28.9 Å². The van der Waals surface area contributed by atoms with Crippen LogP contribution in [0.3, 0.4) is 0 Å². The molecule has 4 heteroatoms. The van der Waals surface area contributed by atoms with Gasteiger partial charge in [-0.3, -0.25) is 4.98 Å². The van der Waals surface area contributed by atoms with Crippen LogP contribution in [0.25, 0.3) is 10.9 Å². The van der Waals surface area contributed by atoms with Crippen LogP contribution in [0.4, 0.5) is 5.69 Å². The molecule has 26 heavy (non-hydrogen) atoms. The molecule has 0 radical (unpaired) electrons. The Morgan fingerprint density at radius 3 is 2.58 bits per heavy atom. The predicted molar refractivity (Wildman–Crippen MR) is 107 cm³/mol. The van der Waals surface area contributed by atoms with E-state index < -0.39 is 0 Å². The van der Waals surface area contributed by atoms with E-state index in [0.29, 0.717) is 11.5 Å². The van der Waals surface area contributed by atoms with Gasteiger partial charge in [-0.25, -0.2) is 0 Å². The maximum atomic E-state index is 5.56. The number of pyridine rings is 1. The summed E-state index contributed by atoms with van der Waals surface area (Å²) in [5, 5.41) is 5.09. The Balaban J connectivity index is 1.81. The van der Waals surface area contributed by atoms with Crippen LogP contribution < -0.4 is 14.8 Å². The first-order valence-corrected chi connectivity index (χ1v) is 9.85. The fourth-order valence-electron chi connectivity index (χ4n) is 4.78. The largest absolute Gasteiger partial charge is 0.493 e. The number of hydrogen-bond acceptors (Lipinski definition) is 4. The Kier molecular flexibility index (Phi) is 4.45. The first-order chi connectivity index (χ1) is 12.5. The van der Waals surface area contributed by atoms with Crippen LogP contribution in [0.1, 0.15) is 57.2 Å². The van der Waals surface area contributed by atoms with Crippen LogP contribution in [-0.4, -0.2) is 25.2 Å². The topological polar surface area (TPSA) is 43.4 Å². The second-order valence-electron chi connectivity index (χ2n) is 8.59. The summed E-state index contributed by atoms with van der Waals surface area (Å²) in [5.74, 6) is 1.52. The molecule has 2 aliphatic rings. The van der Waals surface area contributed by atoms with Gasteiger partial charge in [0.15, 0.2) is 11.5 Å². The van der Waals surface area contributed by atoms with Gasteiger partial charge in [0.25, 0.3) is 0 Å². The van der Waals surface area contributed by atoms with Crippen molar-refractivity contribution in [2.45, 2.75) is 64.8 Å².